The zero-order valence-electron chi connectivity index (χ0n) is 11.4. The summed E-state index contributed by atoms with van der Waals surface area (Å²) in [5.41, 5.74) is 8.08. The lowest BCUT2D eigenvalue weighted by molar-refractivity contribution is 0.0999. The highest BCUT2D eigenvalue weighted by Gasteiger charge is 2.27. The molecule has 110 valence electrons. The Kier molecular flexibility index (Phi) is 3.65. The Balaban J connectivity index is 2.22. The van der Waals surface area contributed by atoms with E-state index in [1.54, 1.807) is 18.2 Å². The van der Waals surface area contributed by atoms with E-state index in [2.05, 4.69) is 10.4 Å². The van der Waals surface area contributed by atoms with Gasteiger partial charge in [0.05, 0.1) is 27.3 Å². The summed E-state index contributed by atoms with van der Waals surface area (Å²) < 4.78 is 1.86. The van der Waals surface area contributed by atoms with Crippen molar-refractivity contribution >= 4 is 29.1 Å². The van der Waals surface area contributed by atoms with Gasteiger partial charge in [-0.15, -0.1) is 0 Å². The molecule has 5 nitrogen and oxygen atoms in total. The molecule has 2 aromatic rings. The van der Waals surface area contributed by atoms with Crippen LogP contribution in [0, 0.1) is 0 Å². The molecule has 0 spiro atoms. The van der Waals surface area contributed by atoms with Crippen LogP contribution in [0.15, 0.2) is 18.2 Å². The van der Waals surface area contributed by atoms with E-state index < -0.39 is 5.91 Å². The number of fused-ring (bicyclic) bond motifs is 1. The van der Waals surface area contributed by atoms with Crippen LogP contribution in [0.1, 0.15) is 29.0 Å². The molecule has 21 heavy (non-hydrogen) atoms. The largest absolute Gasteiger partial charge is 0.365 e. The second-order valence-corrected chi connectivity index (χ2v) is 5.90. The second-order valence-electron chi connectivity index (χ2n) is 5.09. The summed E-state index contributed by atoms with van der Waals surface area (Å²) in [5.74, 6) is -0.492. The van der Waals surface area contributed by atoms with Crippen LogP contribution in [0.4, 0.5) is 0 Å². The first-order chi connectivity index (χ1) is 9.99. The number of halogens is 2. The van der Waals surface area contributed by atoms with Crippen molar-refractivity contribution in [3.05, 3.63) is 39.5 Å². The molecule has 1 amide bonds. The van der Waals surface area contributed by atoms with Crippen LogP contribution in [-0.2, 0) is 6.54 Å². The number of primary amides is 1. The molecule has 0 radical (unpaired) electrons. The maximum absolute atomic E-state index is 11.9. The van der Waals surface area contributed by atoms with Crippen molar-refractivity contribution in [2.45, 2.75) is 19.5 Å². The number of nitrogens with one attached hydrogen (secondary N) is 1. The number of aromatic nitrogens is 2. The third-order valence-electron chi connectivity index (χ3n) is 3.60. The van der Waals surface area contributed by atoms with Crippen LogP contribution in [0.25, 0.3) is 11.3 Å². The van der Waals surface area contributed by atoms with Gasteiger partial charge in [-0.1, -0.05) is 29.3 Å². The minimum absolute atomic E-state index is 0.156. The summed E-state index contributed by atoms with van der Waals surface area (Å²) in [4.78, 5) is 11.9. The van der Waals surface area contributed by atoms with Crippen molar-refractivity contribution in [1.82, 2.24) is 15.1 Å². The average molecular weight is 325 g/mol. The molecule has 1 aliphatic rings. The molecular formula is C14H14Cl2N4O. The third-order valence-corrected chi connectivity index (χ3v) is 4.34. The molecule has 1 unspecified atom stereocenters. The van der Waals surface area contributed by atoms with Gasteiger partial charge in [-0.2, -0.15) is 5.10 Å². The number of nitrogens with zero attached hydrogens (tertiary/aromatic N) is 2. The van der Waals surface area contributed by atoms with E-state index in [4.69, 9.17) is 28.9 Å². The van der Waals surface area contributed by atoms with Crippen molar-refractivity contribution in [3.8, 4) is 11.3 Å². The van der Waals surface area contributed by atoms with Gasteiger partial charge in [0.25, 0.3) is 5.91 Å². The number of hydrogen-bond acceptors (Lipinski definition) is 3. The fraction of sp³-hybridized carbons (Fsp3) is 0.286. The SMILES string of the molecule is CC1CNCc2c(C(N)=O)c(-c3ccc(Cl)c(Cl)c3)nn21. The lowest BCUT2D eigenvalue weighted by Crippen LogP contribution is -2.33. The molecule has 0 aliphatic carbocycles. The van der Waals surface area contributed by atoms with E-state index in [-0.39, 0.29) is 6.04 Å². The van der Waals surface area contributed by atoms with E-state index in [0.29, 0.717) is 27.8 Å². The summed E-state index contributed by atoms with van der Waals surface area (Å²) in [6.45, 7) is 3.40. The van der Waals surface area contributed by atoms with Crippen LogP contribution in [0.2, 0.25) is 10.0 Å². The van der Waals surface area contributed by atoms with Crippen LogP contribution in [-0.4, -0.2) is 22.2 Å². The van der Waals surface area contributed by atoms with Gasteiger partial charge in [0, 0.05) is 18.7 Å². The standard InChI is InChI=1S/C14H14Cl2N4O/c1-7-5-18-6-11-12(14(17)21)13(19-20(7)11)8-2-3-9(15)10(16)4-8/h2-4,7,18H,5-6H2,1H3,(H2,17,21). The Hall–Kier alpha value is -1.56. The van der Waals surface area contributed by atoms with Gasteiger partial charge in [-0.25, -0.2) is 0 Å². The second kappa shape index (κ2) is 5.33. The first kappa shape index (κ1) is 14.4. The Bertz CT molecular complexity index is 726. The number of rotatable bonds is 2. The smallest absolute Gasteiger partial charge is 0.252 e. The van der Waals surface area contributed by atoms with Crippen LogP contribution >= 0.6 is 23.2 Å². The first-order valence-electron chi connectivity index (χ1n) is 6.56. The Morgan fingerprint density at radius 2 is 2.19 bits per heavy atom. The van der Waals surface area contributed by atoms with Gasteiger partial charge in [-0.05, 0) is 19.1 Å². The maximum Gasteiger partial charge on any atom is 0.252 e. The summed E-state index contributed by atoms with van der Waals surface area (Å²) in [7, 11) is 0. The van der Waals surface area contributed by atoms with Crippen molar-refractivity contribution in [1.29, 1.82) is 0 Å². The fourth-order valence-corrected chi connectivity index (χ4v) is 2.89. The van der Waals surface area contributed by atoms with Gasteiger partial charge in [-0.3, -0.25) is 9.48 Å². The molecule has 0 saturated heterocycles. The third kappa shape index (κ3) is 2.41. The molecule has 1 aliphatic heterocycles. The Morgan fingerprint density at radius 3 is 2.86 bits per heavy atom. The van der Waals surface area contributed by atoms with E-state index >= 15 is 0 Å². The molecule has 0 saturated carbocycles. The van der Waals surface area contributed by atoms with E-state index in [9.17, 15) is 4.79 Å². The van der Waals surface area contributed by atoms with Crippen molar-refractivity contribution in [3.63, 3.8) is 0 Å². The van der Waals surface area contributed by atoms with Gasteiger partial charge in [0.1, 0.15) is 5.69 Å². The number of amides is 1. The quantitative estimate of drug-likeness (QED) is 0.891. The van der Waals surface area contributed by atoms with Gasteiger partial charge in [0.15, 0.2) is 0 Å². The van der Waals surface area contributed by atoms with Crippen LogP contribution in [0.5, 0.6) is 0 Å². The first-order valence-corrected chi connectivity index (χ1v) is 7.32. The molecule has 1 atom stereocenters. The van der Waals surface area contributed by atoms with Crippen molar-refractivity contribution < 1.29 is 4.79 Å². The predicted molar refractivity (Wildman–Crippen MR) is 82.6 cm³/mol. The molecule has 0 fully saturated rings. The predicted octanol–water partition coefficient (Wildman–Crippen LogP) is 2.62. The Morgan fingerprint density at radius 1 is 1.43 bits per heavy atom. The molecule has 3 rings (SSSR count). The average Bonchev–Trinajstić information content (AvgIpc) is 2.83. The highest BCUT2D eigenvalue weighted by Crippen LogP contribution is 2.32. The number of carbonyl (C=O) groups excluding carboxylic acids is 1. The number of nitrogens with two attached hydrogens (primary N) is 1. The number of carbonyl (C=O) groups is 1. The van der Waals surface area contributed by atoms with Crippen molar-refractivity contribution in [2.24, 2.45) is 5.73 Å². The topological polar surface area (TPSA) is 72.9 Å². The van der Waals surface area contributed by atoms with E-state index in [0.717, 1.165) is 17.8 Å². The zero-order chi connectivity index (χ0) is 15.1. The molecule has 1 aromatic carbocycles. The highest BCUT2D eigenvalue weighted by atomic mass is 35.5. The van der Waals surface area contributed by atoms with Gasteiger partial charge >= 0.3 is 0 Å². The molecular weight excluding hydrogens is 311 g/mol. The molecule has 0 bridgehead atoms. The summed E-state index contributed by atoms with van der Waals surface area (Å²) in [5, 5.41) is 8.70. The summed E-state index contributed by atoms with van der Waals surface area (Å²) >= 11 is 12.0. The van der Waals surface area contributed by atoms with E-state index in [1.165, 1.54) is 0 Å². The molecule has 2 heterocycles. The van der Waals surface area contributed by atoms with Crippen LogP contribution < -0.4 is 11.1 Å². The van der Waals surface area contributed by atoms with Gasteiger partial charge in [0.2, 0.25) is 0 Å². The molecule has 1 aromatic heterocycles. The molecule has 3 N–H and O–H groups in total. The Labute approximate surface area is 132 Å². The molecule has 7 heteroatoms. The number of hydrogen-bond donors (Lipinski definition) is 2. The maximum atomic E-state index is 11.9. The minimum atomic E-state index is -0.492. The zero-order valence-corrected chi connectivity index (χ0v) is 12.9. The number of benzene rings is 1. The van der Waals surface area contributed by atoms with Crippen molar-refractivity contribution in [2.75, 3.05) is 6.54 Å². The fourth-order valence-electron chi connectivity index (χ4n) is 2.59. The van der Waals surface area contributed by atoms with E-state index in [1.807, 2.05) is 11.6 Å². The van der Waals surface area contributed by atoms with Gasteiger partial charge < -0.3 is 11.1 Å². The lowest BCUT2D eigenvalue weighted by Gasteiger charge is -2.22. The summed E-state index contributed by atoms with van der Waals surface area (Å²) in [6, 6.07) is 5.32. The monoisotopic (exact) mass is 324 g/mol. The lowest BCUT2D eigenvalue weighted by atomic mass is 10.0. The highest BCUT2D eigenvalue weighted by molar-refractivity contribution is 6.42. The van der Waals surface area contributed by atoms with Crippen LogP contribution in [0.3, 0.4) is 0 Å². The minimum Gasteiger partial charge on any atom is -0.365 e. The summed E-state index contributed by atoms with van der Waals surface area (Å²) in [6.07, 6.45) is 0. The normalized spacial score (nSPS) is 17.6.